The number of hydrogen-bond donors (Lipinski definition) is 1. The van der Waals surface area contributed by atoms with E-state index in [0.717, 1.165) is 37.9 Å². The Labute approximate surface area is 118 Å². The molecule has 108 valence electrons. The predicted octanol–water partition coefficient (Wildman–Crippen LogP) is 2.92. The molecule has 0 aromatic heterocycles. The van der Waals surface area contributed by atoms with Gasteiger partial charge in [-0.1, -0.05) is 13.3 Å². The van der Waals surface area contributed by atoms with Crippen LogP contribution in [0.15, 0.2) is 0 Å². The zero-order chi connectivity index (χ0) is 13.7. The first-order valence-electron chi connectivity index (χ1n) is 8.09. The number of nitrogens with zero attached hydrogens (tertiary/aromatic N) is 2. The smallest absolute Gasteiger partial charge is 0.105 e. The maximum atomic E-state index is 9.40. The van der Waals surface area contributed by atoms with E-state index >= 15 is 0 Å². The summed E-state index contributed by atoms with van der Waals surface area (Å²) in [5.74, 6) is 0.950. The Morgan fingerprint density at radius 2 is 2.11 bits per heavy atom. The molecule has 3 atom stereocenters. The third-order valence-electron chi connectivity index (χ3n) is 5.02. The van der Waals surface area contributed by atoms with Crippen LogP contribution in [0.2, 0.25) is 0 Å². The van der Waals surface area contributed by atoms with Gasteiger partial charge in [0, 0.05) is 12.6 Å². The summed E-state index contributed by atoms with van der Waals surface area (Å²) in [4.78, 5) is 2.67. The maximum absolute atomic E-state index is 9.40. The Kier molecular flexibility index (Phi) is 5.24. The molecule has 3 unspecified atom stereocenters. The third kappa shape index (κ3) is 3.70. The van der Waals surface area contributed by atoms with E-state index in [1.54, 1.807) is 0 Å². The van der Waals surface area contributed by atoms with Crippen molar-refractivity contribution in [2.24, 2.45) is 5.92 Å². The lowest BCUT2D eigenvalue weighted by molar-refractivity contribution is 0.105. The second kappa shape index (κ2) is 6.72. The van der Waals surface area contributed by atoms with Crippen LogP contribution in [-0.4, -0.2) is 36.1 Å². The second-order valence-electron chi connectivity index (χ2n) is 6.56. The minimum absolute atomic E-state index is 0.346. The summed E-state index contributed by atoms with van der Waals surface area (Å²) in [6.45, 7) is 7.48. The van der Waals surface area contributed by atoms with Gasteiger partial charge in [0.25, 0.3) is 0 Å². The van der Waals surface area contributed by atoms with Crippen LogP contribution in [0.25, 0.3) is 0 Å². The van der Waals surface area contributed by atoms with E-state index in [9.17, 15) is 5.26 Å². The fourth-order valence-electron chi connectivity index (χ4n) is 3.79. The van der Waals surface area contributed by atoms with Gasteiger partial charge in [-0.05, 0) is 64.5 Å². The SMILES string of the molecule is CCCNC(C)(C#N)CCN1CCCC2CCCC21. The summed E-state index contributed by atoms with van der Waals surface area (Å²) >= 11 is 0. The number of hydrogen-bond acceptors (Lipinski definition) is 3. The molecule has 3 heteroatoms. The zero-order valence-corrected chi connectivity index (χ0v) is 12.6. The third-order valence-corrected chi connectivity index (χ3v) is 5.02. The van der Waals surface area contributed by atoms with E-state index in [1.807, 2.05) is 0 Å². The molecule has 1 N–H and O–H groups in total. The molecule has 0 spiro atoms. The average molecular weight is 263 g/mol. The molecule has 1 aliphatic carbocycles. The summed E-state index contributed by atoms with van der Waals surface area (Å²) in [6, 6.07) is 3.30. The van der Waals surface area contributed by atoms with Crippen LogP contribution in [0.3, 0.4) is 0 Å². The monoisotopic (exact) mass is 263 g/mol. The van der Waals surface area contributed by atoms with Crippen LogP contribution in [0, 0.1) is 17.2 Å². The van der Waals surface area contributed by atoms with Crippen LogP contribution >= 0.6 is 0 Å². The zero-order valence-electron chi connectivity index (χ0n) is 12.6. The Balaban J connectivity index is 1.84. The Morgan fingerprint density at radius 3 is 2.84 bits per heavy atom. The molecule has 2 aliphatic rings. The molecular weight excluding hydrogens is 234 g/mol. The van der Waals surface area contributed by atoms with Gasteiger partial charge in [0.1, 0.15) is 5.54 Å². The first kappa shape index (κ1) is 14.8. The minimum Gasteiger partial charge on any atom is -0.300 e. The van der Waals surface area contributed by atoms with E-state index in [0.29, 0.717) is 0 Å². The van der Waals surface area contributed by atoms with Crippen molar-refractivity contribution < 1.29 is 0 Å². The van der Waals surface area contributed by atoms with E-state index < -0.39 is 0 Å². The summed E-state index contributed by atoms with van der Waals surface area (Å²) in [7, 11) is 0. The van der Waals surface area contributed by atoms with Crippen LogP contribution in [0.4, 0.5) is 0 Å². The van der Waals surface area contributed by atoms with E-state index in [1.165, 1.54) is 38.6 Å². The van der Waals surface area contributed by atoms with Gasteiger partial charge in [-0.2, -0.15) is 5.26 Å². The van der Waals surface area contributed by atoms with Crippen molar-refractivity contribution in [3.05, 3.63) is 0 Å². The lowest BCUT2D eigenvalue weighted by Gasteiger charge is -2.39. The fraction of sp³-hybridized carbons (Fsp3) is 0.938. The van der Waals surface area contributed by atoms with Crippen molar-refractivity contribution in [3.8, 4) is 6.07 Å². The van der Waals surface area contributed by atoms with Gasteiger partial charge < -0.3 is 4.90 Å². The van der Waals surface area contributed by atoms with Crippen molar-refractivity contribution in [2.45, 2.75) is 70.4 Å². The molecule has 1 saturated heterocycles. The molecule has 3 nitrogen and oxygen atoms in total. The van der Waals surface area contributed by atoms with Gasteiger partial charge in [-0.15, -0.1) is 0 Å². The summed E-state index contributed by atoms with van der Waals surface area (Å²) < 4.78 is 0. The number of piperidine rings is 1. The summed E-state index contributed by atoms with van der Waals surface area (Å²) in [5.41, 5.74) is -0.346. The molecule has 1 aliphatic heterocycles. The van der Waals surface area contributed by atoms with E-state index in [-0.39, 0.29) is 5.54 Å². The Hall–Kier alpha value is -0.590. The first-order valence-corrected chi connectivity index (χ1v) is 8.09. The topological polar surface area (TPSA) is 39.1 Å². The molecule has 1 heterocycles. The highest BCUT2D eigenvalue weighted by Gasteiger charge is 2.35. The number of nitrogens with one attached hydrogen (secondary N) is 1. The summed E-state index contributed by atoms with van der Waals surface area (Å²) in [6.07, 6.45) is 9.06. The molecule has 0 amide bonds. The quantitative estimate of drug-likeness (QED) is 0.801. The number of rotatable bonds is 6. The highest BCUT2D eigenvalue weighted by atomic mass is 15.2. The molecule has 0 aromatic carbocycles. The van der Waals surface area contributed by atoms with Gasteiger partial charge >= 0.3 is 0 Å². The van der Waals surface area contributed by atoms with Crippen LogP contribution in [0.5, 0.6) is 0 Å². The second-order valence-corrected chi connectivity index (χ2v) is 6.56. The Morgan fingerprint density at radius 1 is 1.32 bits per heavy atom. The molecular formula is C16H29N3. The van der Waals surface area contributed by atoms with Gasteiger partial charge in [-0.25, -0.2) is 0 Å². The first-order chi connectivity index (χ1) is 9.18. The highest BCUT2D eigenvalue weighted by molar-refractivity contribution is 5.04. The van der Waals surface area contributed by atoms with Gasteiger partial charge in [-0.3, -0.25) is 5.32 Å². The maximum Gasteiger partial charge on any atom is 0.105 e. The molecule has 0 bridgehead atoms. The minimum atomic E-state index is -0.346. The largest absolute Gasteiger partial charge is 0.300 e. The van der Waals surface area contributed by atoms with Crippen molar-refractivity contribution in [1.29, 1.82) is 5.26 Å². The molecule has 19 heavy (non-hydrogen) atoms. The molecule has 1 saturated carbocycles. The van der Waals surface area contributed by atoms with Crippen molar-refractivity contribution in [2.75, 3.05) is 19.6 Å². The van der Waals surface area contributed by atoms with Gasteiger partial charge in [0.05, 0.1) is 6.07 Å². The number of nitriles is 1. The Bertz CT molecular complexity index is 322. The van der Waals surface area contributed by atoms with Crippen LogP contribution in [0.1, 0.15) is 58.8 Å². The number of fused-ring (bicyclic) bond motifs is 1. The van der Waals surface area contributed by atoms with E-state index in [4.69, 9.17) is 0 Å². The van der Waals surface area contributed by atoms with Crippen LogP contribution < -0.4 is 5.32 Å². The lowest BCUT2D eigenvalue weighted by atomic mass is 9.90. The van der Waals surface area contributed by atoms with Crippen molar-refractivity contribution in [3.63, 3.8) is 0 Å². The fourth-order valence-corrected chi connectivity index (χ4v) is 3.79. The molecule has 0 aromatic rings. The van der Waals surface area contributed by atoms with Gasteiger partial charge in [0.15, 0.2) is 0 Å². The average Bonchev–Trinajstić information content (AvgIpc) is 2.92. The highest BCUT2D eigenvalue weighted by Crippen LogP contribution is 2.36. The van der Waals surface area contributed by atoms with Crippen molar-refractivity contribution in [1.82, 2.24) is 10.2 Å². The molecule has 2 fully saturated rings. The van der Waals surface area contributed by atoms with Crippen molar-refractivity contribution >= 4 is 0 Å². The van der Waals surface area contributed by atoms with E-state index in [2.05, 4.69) is 30.1 Å². The number of likely N-dealkylation sites (tertiary alicyclic amines) is 1. The van der Waals surface area contributed by atoms with Gasteiger partial charge in [0.2, 0.25) is 0 Å². The molecule has 2 rings (SSSR count). The molecule has 0 radical (unpaired) electrons. The predicted molar refractivity (Wildman–Crippen MR) is 78.9 cm³/mol. The standard InChI is InChI=1S/C16H29N3/c1-3-10-18-16(2,13-17)9-12-19-11-5-7-14-6-4-8-15(14)19/h14-15,18H,3-12H2,1-2H3. The van der Waals surface area contributed by atoms with Crippen LogP contribution in [-0.2, 0) is 0 Å². The lowest BCUT2D eigenvalue weighted by Crippen LogP contribution is -2.48. The normalized spacial score (nSPS) is 30.6. The summed E-state index contributed by atoms with van der Waals surface area (Å²) in [5, 5.41) is 12.8.